The van der Waals surface area contributed by atoms with Crippen LogP contribution in [0.1, 0.15) is 22.0 Å². The van der Waals surface area contributed by atoms with Gasteiger partial charge in [-0.3, -0.25) is 10.1 Å². The molecule has 0 fully saturated rings. The number of rotatable bonds is 2. The quantitative estimate of drug-likeness (QED) is 0.558. The van der Waals surface area contributed by atoms with E-state index in [0.717, 1.165) is 16.7 Å². The molecule has 0 radical (unpaired) electrons. The van der Waals surface area contributed by atoms with E-state index in [1.165, 1.54) is 6.07 Å². The van der Waals surface area contributed by atoms with Gasteiger partial charge in [0.15, 0.2) is 5.69 Å². The van der Waals surface area contributed by atoms with Gasteiger partial charge in [0, 0.05) is 11.5 Å². The summed E-state index contributed by atoms with van der Waals surface area (Å²) >= 11 is 0. The Morgan fingerprint density at radius 2 is 2.05 bits per heavy atom. The molecule has 3 N–H and O–H groups in total. The third kappa shape index (κ3) is 2.83. The number of nitrogens with zero attached hydrogens (tertiary/aromatic N) is 2. The minimum atomic E-state index is -0.474. The molecule has 0 bridgehead atoms. The monoisotopic (exact) mass is 298 g/mol. The molecule has 3 aromatic rings. The molecule has 112 valence electrons. The van der Waals surface area contributed by atoms with Crippen LogP contribution in [-0.2, 0) is 0 Å². The second-order valence-electron chi connectivity index (χ2n) is 4.85. The number of nitrogens with one attached hydrogen (secondary N) is 1. The van der Waals surface area contributed by atoms with Gasteiger partial charge in [-0.25, -0.2) is 4.99 Å². The summed E-state index contributed by atoms with van der Waals surface area (Å²) in [4.78, 5) is 16.0. The predicted molar refractivity (Wildman–Crippen MR) is 80.9 cm³/mol. The zero-order valence-corrected chi connectivity index (χ0v) is 12.1. The highest BCUT2D eigenvalue weighted by Crippen LogP contribution is 2.24. The molecule has 7 nitrogen and oxygen atoms in total. The van der Waals surface area contributed by atoms with Gasteiger partial charge < -0.3 is 14.7 Å². The van der Waals surface area contributed by atoms with Crippen molar-refractivity contribution in [2.75, 3.05) is 0 Å². The molecule has 0 unspecified atom stereocenters. The Hall–Kier alpha value is -3.09. The van der Waals surface area contributed by atoms with Crippen molar-refractivity contribution in [3.63, 3.8) is 0 Å². The summed E-state index contributed by atoms with van der Waals surface area (Å²) in [5, 5.41) is 6.98. The lowest BCUT2D eigenvalue weighted by atomic mass is 10.2. The summed E-state index contributed by atoms with van der Waals surface area (Å²) in [6.45, 7) is 3.57. The van der Waals surface area contributed by atoms with Gasteiger partial charge in [0.2, 0.25) is 5.96 Å². The number of aliphatic imine (C=N–C) groups is 1. The summed E-state index contributed by atoms with van der Waals surface area (Å²) in [7, 11) is 0. The summed E-state index contributed by atoms with van der Waals surface area (Å²) in [5.41, 5.74) is 7.27. The molecule has 2 heterocycles. The number of carbonyl (C=O) groups excluding carboxylic acids is 1. The minimum Gasteiger partial charge on any atom is -0.461 e. The Labute approximate surface area is 125 Å². The zero-order valence-electron chi connectivity index (χ0n) is 12.1. The molecular formula is C15H14N4O3. The number of carbonyl (C=O) groups is 1. The number of aryl methyl sites for hydroxylation is 2. The van der Waals surface area contributed by atoms with E-state index in [0.29, 0.717) is 11.4 Å². The molecule has 2 aromatic heterocycles. The van der Waals surface area contributed by atoms with Gasteiger partial charge in [-0.05, 0) is 38.1 Å². The summed E-state index contributed by atoms with van der Waals surface area (Å²) in [6, 6.07) is 8.80. The van der Waals surface area contributed by atoms with Gasteiger partial charge in [-0.1, -0.05) is 5.16 Å². The van der Waals surface area contributed by atoms with Crippen molar-refractivity contribution in [3.05, 3.63) is 47.5 Å². The Morgan fingerprint density at radius 1 is 1.23 bits per heavy atom. The highest BCUT2D eigenvalue weighted by molar-refractivity contribution is 6.04. The lowest BCUT2D eigenvalue weighted by Gasteiger charge is -2.01. The first-order valence-corrected chi connectivity index (χ1v) is 6.60. The van der Waals surface area contributed by atoms with Crippen molar-refractivity contribution in [2.45, 2.75) is 13.8 Å². The Kier molecular flexibility index (Phi) is 3.38. The molecule has 7 heteroatoms. The average molecular weight is 298 g/mol. The SMILES string of the molecule is Cc1cc(C(=O)NC(N)=Nc2ccc3oc(C)cc3c2)no1. The van der Waals surface area contributed by atoms with Crippen LogP contribution in [0.25, 0.3) is 11.0 Å². The normalized spacial score (nSPS) is 11.8. The summed E-state index contributed by atoms with van der Waals surface area (Å²) in [5.74, 6) is 0.865. The van der Waals surface area contributed by atoms with Gasteiger partial charge in [0.05, 0.1) is 5.69 Å². The van der Waals surface area contributed by atoms with Crippen LogP contribution in [0.2, 0.25) is 0 Å². The molecular weight excluding hydrogens is 284 g/mol. The van der Waals surface area contributed by atoms with Crippen LogP contribution in [0.4, 0.5) is 5.69 Å². The second kappa shape index (κ2) is 5.36. The van der Waals surface area contributed by atoms with Crippen molar-refractivity contribution >= 4 is 28.5 Å². The van der Waals surface area contributed by atoms with Gasteiger partial charge in [0.25, 0.3) is 5.91 Å². The summed E-state index contributed by atoms with van der Waals surface area (Å²) in [6.07, 6.45) is 0. The van der Waals surface area contributed by atoms with Crippen molar-refractivity contribution in [1.29, 1.82) is 0 Å². The lowest BCUT2D eigenvalue weighted by Crippen LogP contribution is -2.36. The molecule has 0 aliphatic heterocycles. The second-order valence-corrected chi connectivity index (χ2v) is 4.85. The number of fused-ring (bicyclic) bond motifs is 1. The standard InChI is InChI=1S/C15H14N4O3/c1-8-5-10-7-11(3-4-13(10)21-8)17-15(16)18-14(20)12-6-9(2)22-19-12/h3-7H,1-2H3,(H3,16,17,18,20). The third-order valence-electron chi connectivity index (χ3n) is 2.97. The number of hydrogen-bond donors (Lipinski definition) is 2. The fraction of sp³-hybridized carbons (Fsp3) is 0.133. The fourth-order valence-corrected chi connectivity index (χ4v) is 2.05. The highest BCUT2D eigenvalue weighted by atomic mass is 16.5. The number of furan rings is 1. The lowest BCUT2D eigenvalue weighted by molar-refractivity contribution is 0.0968. The van der Waals surface area contributed by atoms with Crippen molar-refractivity contribution in [1.82, 2.24) is 10.5 Å². The number of benzene rings is 1. The highest BCUT2D eigenvalue weighted by Gasteiger charge is 2.11. The van der Waals surface area contributed by atoms with E-state index in [4.69, 9.17) is 14.7 Å². The molecule has 0 aliphatic carbocycles. The Morgan fingerprint density at radius 3 is 2.77 bits per heavy atom. The van der Waals surface area contributed by atoms with Crippen LogP contribution < -0.4 is 11.1 Å². The molecule has 0 spiro atoms. The van der Waals surface area contributed by atoms with Gasteiger partial charge >= 0.3 is 0 Å². The smallest absolute Gasteiger partial charge is 0.280 e. The van der Waals surface area contributed by atoms with Gasteiger partial charge in [0.1, 0.15) is 17.1 Å². The van der Waals surface area contributed by atoms with Crippen molar-refractivity contribution < 1.29 is 13.7 Å². The first-order chi connectivity index (χ1) is 10.5. The maximum atomic E-state index is 11.9. The largest absolute Gasteiger partial charge is 0.461 e. The summed E-state index contributed by atoms with van der Waals surface area (Å²) < 4.78 is 10.3. The van der Waals surface area contributed by atoms with Crippen molar-refractivity contribution in [2.24, 2.45) is 10.7 Å². The molecule has 1 aromatic carbocycles. The van der Waals surface area contributed by atoms with Crippen LogP contribution >= 0.6 is 0 Å². The molecule has 3 rings (SSSR count). The van der Waals surface area contributed by atoms with Crippen LogP contribution in [0, 0.1) is 13.8 Å². The number of amides is 1. The maximum Gasteiger partial charge on any atom is 0.280 e. The van der Waals surface area contributed by atoms with E-state index >= 15 is 0 Å². The van der Waals surface area contributed by atoms with Crippen LogP contribution in [0.5, 0.6) is 0 Å². The van der Waals surface area contributed by atoms with Crippen LogP contribution in [-0.4, -0.2) is 17.0 Å². The first-order valence-electron chi connectivity index (χ1n) is 6.60. The minimum absolute atomic E-state index is 0.0229. The Bertz CT molecular complexity index is 876. The average Bonchev–Trinajstić information content (AvgIpc) is 3.03. The third-order valence-corrected chi connectivity index (χ3v) is 2.97. The maximum absolute atomic E-state index is 11.9. The van der Waals surface area contributed by atoms with Gasteiger partial charge in [-0.15, -0.1) is 0 Å². The van der Waals surface area contributed by atoms with E-state index < -0.39 is 5.91 Å². The molecule has 22 heavy (non-hydrogen) atoms. The zero-order chi connectivity index (χ0) is 15.7. The van der Waals surface area contributed by atoms with Crippen molar-refractivity contribution in [3.8, 4) is 0 Å². The molecule has 0 saturated carbocycles. The van der Waals surface area contributed by atoms with E-state index in [-0.39, 0.29) is 11.7 Å². The van der Waals surface area contributed by atoms with Crippen LogP contribution in [0.15, 0.2) is 44.3 Å². The van der Waals surface area contributed by atoms with Crippen LogP contribution in [0.3, 0.4) is 0 Å². The molecule has 0 atom stereocenters. The van der Waals surface area contributed by atoms with E-state index in [2.05, 4.69) is 15.5 Å². The van der Waals surface area contributed by atoms with E-state index in [9.17, 15) is 4.79 Å². The number of guanidine groups is 1. The Balaban J connectivity index is 1.78. The van der Waals surface area contributed by atoms with E-state index in [1.807, 2.05) is 19.1 Å². The van der Waals surface area contributed by atoms with Gasteiger partial charge in [-0.2, -0.15) is 0 Å². The molecule has 0 saturated heterocycles. The predicted octanol–water partition coefficient (Wildman–Crippen LogP) is 2.41. The van der Waals surface area contributed by atoms with E-state index in [1.54, 1.807) is 19.1 Å². The molecule has 0 aliphatic rings. The number of hydrogen-bond acceptors (Lipinski definition) is 5. The topological polar surface area (TPSA) is 107 Å². The molecule has 1 amide bonds. The number of aromatic nitrogens is 1. The first kappa shape index (κ1) is 13.9. The number of nitrogens with two attached hydrogens (primary N) is 1. The fourth-order valence-electron chi connectivity index (χ4n) is 2.05.